The molecule has 2 atom stereocenters. The molecule has 1 aliphatic heterocycles. The zero-order valence-corrected chi connectivity index (χ0v) is 19.7. The van der Waals surface area contributed by atoms with Crippen molar-refractivity contribution in [1.82, 2.24) is 10.2 Å². The number of carboxylic acid groups (broad SMARTS) is 1. The second kappa shape index (κ2) is 10.3. The number of piperidine rings is 1. The molecule has 2 aliphatic rings. The Morgan fingerprint density at radius 3 is 2.24 bits per heavy atom. The van der Waals surface area contributed by atoms with Crippen molar-refractivity contribution in [3.05, 3.63) is 59.7 Å². The predicted octanol–water partition coefficient (Wildman–Crippen LogP) is 4.41. The number of ether oxygens (including phenoxy) is 1. The van der Waals surface area contributed by atoms with Crippen LogP contribution in [0.2, 0.25) is 0 Å². The van der Waals surface area contributed by atoms with E-state index in [9.17, 15) is 19.5 Å². The van der Waals surface area contributed by atoms with Gasteiger partial charge in [0.1, 0.15) is 18.7 Å². The number of rotatable bonds is 7. The largest absolute Gasteiger partial charge is 0.480 e. The molecule has 0 aromatic heterocycles. The predicted molar refractivity (Wildman–Crippen MR) is 128 cm³/mol. The molecule has 2 aromatic carbocycles. The Labute approximate surface area is 200 Å². The number of carbonyl (C=O) groups excluding carboxylic acids is 2. The highest BCUT2D eigenvalue weighted by molar-refractivity contribution is 5.89. The molecule has 1 saturated heterocycles. The van der Waals surface area contributed by atoms with Gasteiger partial charge in [0.15, 0.2) is 0 Å². The lowest BCUT2D eigenvalue weighted by atomic mass is 9.97. The summed E-state index contributed by atoms with van der Waals surface area (Å²) in [5, 5.41) is 12.3. The maximum atomic E-state index is 13.3. The zero-order chi connectivity index (χ0) is 24.2. The van der Waals surface area contributed by atoms with E-state index in [-0.39, 0.29) is 24.3 Å². The van der Waals surface area contributed by atoms with Crippen molar-refractivity contribution in [2.45, 2.75) is 57.5 Å². The van der Waals surface area contributed by atoms with E-state index in [1.165, 1.54) is 4.90 Å². The van der Waals surface area contributed by atoms with Gasteiger partial charge >= 0.3 is 12.1 Å². The van der Waals surface area contributed by atoms with Crippen LogP contribution in [-0.2, 0) is 14.3 Å². The van der Waals surface area contributed by atoms with Crippen molar-refractivity contribution >= 4 is 18.0 Å². The lowest BCUT2D eigenvalue weighted by Crippen LogP contribution is -2.55. The van der Waals surface area contributed by atoms with Gasteiger partial charge in [-0.3, -0.25) is 4.79 Å². The molecule has 180 valence electrons. The molecular weight excluding hydrogens is 432 g/mol. The first-order valence-corrected chi connectivity index (χ1v) is 12.0. The summed E-state index contributed by atoms with van der Waals surface area (Å²) in [5.41, 5.74) is 4.52. The number of hydrogen-bond donors (Lipinski definition) is 2. The Balaban J connectivity index is 1.45. The third-order valence-corrected chi connectivity index (χ3v) is 6.71. The minimum absolute atomic E-state index is 0.0733. The third kappa shape index (κ3) is 4.93. The number of fused-ring (bicyclic) bond motifs is 3. The summed E-state index contributed by atoms with van der Waals surface area (Å²) >= 11 is 0. The molecule has 2 amide bonds. The number of amides is 2. The van der Waals surface area contributed by atoms with Crippen molar-refractivity contribution in [3.63, 3.8) is 0 Å². The van der Waals surface area contributed by atoms with Crippen molar-refractivity contribution in [2.75, 3.05) is 13.2 Å². The van der Waals surface area contributed by atoms with Gasteiger partial charge in [-0.2, -0.15) is 0 Å². The maximum Gasteiger partial charge on any atom is 0.407 e. The van der Waals surface area contributed by atoms with Crippen LogP contribution in [-0.4, -0.2) is 53.2 Å². The van der Waals surface area contributed by atoms with E-state index in [1.807, 2.05) is 38.1 Å². The number of nitrogens with zero attached hydrogens (tertiary/aromatic N) is 1. The molecule has 1 unspecified atom stereocenters. The van der Waals surface area contributed by atoms with Crippen molar-refractivity contribution in [1.29, 1.82) is 0 Å². The summed E-state index contributed by atoms with van der Waals surface area (Å²) in [7, 11) is 0. The Hall–Kier alpha value is -3.35. The molecule has 0 bridgehead atoms. The lowest BCUT2D eigenvalue weighted by molar-refractivity contribution is -0.153. The molecule has 1 fully saturated rings. The van der Waals surface area contributed by atoms with Crippen LogP contribution in [0.15, 0.2) is 48.5 Å². The number of nitrogens with one attached hydrogen (secondary N) is 1. The molecule has 4 rings (SSSR count). The van der Waals surface area contributed by atoms with Gasteiger partial charge in [-0.1, -0.05) is 62.4 Å². The van der Waals surface area contributed by atoms with Gasteiger partial charge in [-0.15, -0.1) is 0 Å². The second-order valence-electron chi connectivity index (χ2n) is 9.53. The SMILES string of the molecule is CC(C)C[C@@H](NC(=O)OCC1c2ccccc2-c2ccccc21)C(=O)N1CCCCC1C(=O)O. The zero-order valence-electron chi connectivity index (χ0n) is 19.7. The van der Waals surface area contributed by atoms with E-state index in [0.717, 1.165) is 35.1 Å². The highest BCUT2D eigenvalue weighted by atomic mass is 16.5. The third-order valence-electron chi connectivity index (χ3n) is 6.71. The van der Waals surface area contributed by atoms with Gasteiger partial charge in [0.2, 0.25) is 5.91 Å². The van der Waals surface area contributed by atoms with Crippen LogP contribution < -0.4 is 5.32 Å². The van der Waals surface area contributed by atoms with Gasteiger partial charge in [-0.05, 0) is 53.9 Å². The molecular formula is C27H32N2O5. The van der Waals surface area contributed by atoms with Crippen LogP contribution in [0.5, 0.6) is 0 Å². The van der Waals surface area contributed by atoms with Crippen LogP contribution >= 0.6 is 0 Å². The smallest absolute Gasteiger partial charge is 0.407 e. The second-order valence-corrected chi connectivity index (χ2v) is 9.53. The van der Waals surface area contributed by atoms with Gasteiger partial charge < -0.3 is 20.1 Å². The molecule has 7 nitrogen and oxygen atoms in total. The van der Waals surface area contributed by atoms with E-state index < -0.39 is 24.1 Å². The first-order valence-electron chi connectivity index (χ1n) is 12.0. The molecule has 1 heterocycles. The summed E-state index contributed by atoms with van der Waals surface area (Å²) in [4.78, 5) is 39.1. The van der Waals surface area contributed by atoms with Crippen LogP contribution in [0, 0.1) is 5.92 Å². The maximum absolute atomic E-state index is 13.3. The van der Waals surface area contributed by atoms with E-state index in [0.29, 0.717) is 19.4 Å². The topological polar surface area (TPSA) is 95.9 Å². The summed E-state index contributed by atoms with van der Waals surface area (Å²) in [6.07, 6.45) is 1.71. The van der Waals surface area contributed by atoms with Gasteiger partial charge in [0, 0.05) is 12.5 Å². The fourth-order valence-corrected chi connectivity index (χ4v) is 5.13. The van der Waals surface area contributed by atoms with Gasteiger partial charge in [-0.25, -0.2) is 9.59 Å². The quantitative estimate of drug-likeness (QED) is 0.633. The molecule has 0 spiro atoms. The van der Waals surface area contributed by atoms with Crippen LogP contribution in [0.1, 0.15) is 56.6 Å². The van der Waals surface area contributed by atoms with E-state index in [1.54, 1.807) is 0 Å². The summed E-state index contributed by atoms with van der Waals surface area (Å²) in [5.74, 6) is -1.29. The molecule has 0 saturated carbocycles. The first-order chi connectivity index (χ1) is 16.4. The molecule has 34 heavy (non-hydrogen) atoms. The average Bonchev–Trinajstić information content (AvgIpc) is 3.15. The Morgan fingerprint density at radius 2 is 1.65 bits per heavy atom. The Kier molecular flexibility index (Phi) is 7.20. The van der Waals surface area contributed by atoms with E-state index in [4.69, 9.17) is 4.74 Å². The number of aliphatic carboxylic acids is 1. The highest BCUT2D eigenvalue weighted by Crippen LogP contribution is 2.44. The number of likely N-dealkylation sites (tertiary alicyclic amines) is 1. The Bertz CT molecular complexity index is 1020. The van der Waals surface area contributed by atoms with Gasteiger partial charge in [0.05, 0.1) is 0 Å². The normalized spacial score (nSPS) is 18.2. The number of carboxylic acids is 1. The number of carbonyl (C=O) groups is 3. The fraction of sp³-hybridized carbons (Fsp3) is 0.444. The monoisotopic (exact) mass is 464 g/mol. The Morgan fingerprint density at radius 1 is 1.03 bits per heavy atom. The van der Waals surface area contributed by atoms with Crippen molar-refractivity contribution in [3.8, 4) is 11.1 Å². The first kappa shape index (κ1) is 23.8. The van der Waals surface area contributed by atoms with Crippen molar-refractivity contribution in [2.24, 2.45) is 5.92 Å². The van der Waals surface area contributed by atoms with Gasteiger partial charge in [0.25, 0.3) is 0 Å². The van der Waals surface area contributed by atoms with Crippen LogP contribution in [0.3, 0.4) is 0 Å². The molecule has 0 radical (unpaired) electrons. The molecule has 7 heteroatoms. The summed E-state index contributed by atoms with van der Waals surface area (Å²) in [6.45, 7) is 4.47. The number of benzene rings is 2. The molecule has 2 N–H and O–H groups in total. The number of alkyl carbamates (subject to hydrolysis) is 1. The minimum Gasteiger partial charge on any atom is -0.480 e. The summed E-state index contributed by atoms with van der Waals surface area (Å²) in [6, 6.07) is 14.5. The average molecular weight is 465 g/mol. The molecule has 2 aromatic rings. The summed E-state index contributed by atoms with van der Waals surface area (Å²) < 4.78 is 5.63. The van der Waals surface area contributed by atoms with Crippen LogP contribution in [0.4, 0.5) is 4.79 Å². The van der Waals surface area contributed by atoms with Crippen molar-refractivity contribution < 1.29 is 24.2 Å². The van der Waals surface area contributed by atoms with E-state index in [2.05, 4.69) is 29.6 Å². The lowest BCUT2D eigenvalue weighted by Gasteiger charge is -2.35. The van der Waals surface area contributed by atoms with Crippen LogP contribution in [0.25, 0.3) is 11.1 Å². The van der Waals surface area contributed by atoms with E-state index >= 15 is 0 Å². The fourth-order valence-electron chi connectivity index (χ4n) is 5.13. The standard InChI is InChI=1S/C27H32N2O5/c1-17(2)15-23(25(30)29-14-8-7-13-24(29)26(31)32)28-27(33)34-16-22-20-11-5-3-9-18(20)19-10-4-6-12-21(19)22/h3-6,9-12,17,22-24H,7-8,13-16H2,1-2H3,(H,28,33)(H,31,32)/t23-,24?/m1/s1. The minimum atomic E-state index is -1.00. The number of hydrogen-bond acceptors (Lipinski definition) is 4. The highest BCUT2D eigenvalue weighted by Gasteiger charge is 2.37. The molecule has 1 aliphatic carbocycles.